The van der Waals surface area contributed by atoms with Crippen molar-refractivity contribution in [2.75, 3.05) is 6.61 Å². The highest BCUT2D eigenvalue weighted by Crippen LogP contribution is 2.35. The maximum Gasteiger partial charge on any atom is 0.122 e. The molecule has 2 N–H and O–H groups in total. The number of ether oxygens (including phenoxy) is 1. The topological polar surface area (TPSA) is 35.2 Å². The molecule has 2 rings (SSSR count). The zero-order chi connectivity index (χ0) is 9.26. The van der Waals surface area contributed by atoms with Crippen LogP contribution in [0.1, 0.15) is 24.8 Å². The Labute approximate surface area is 78.7 Å². The average Bonchev–Trinajstić information content (AvgIpc) is 2.60. The number of benzene rings is 1. The lowest BCUT2D eigenvalue weighted by atomic mass is 9.92. The van der Waals surface area contributed by atoms with Gasteiger partial charge in [0.2, 0.25) is 0 Å². The zero-order valence-electron chi connectivity index (χ0n) is 7.86. The first-order chi connectivity index (χ1) is 6.33. The van der Waals surface area contributed by atoms with Gasteiger partial charge in [0, 0.05) is 17.5 Å². The Balaban J connectivity index is 2.28. The molecule has 0 spiro atoms. The van der Waals surface area contributed by atoms with Crippen molar-refractivity contribution in [3.05, 3.63) is 29.8 Å². The minimum atomic E-state index is 0.226. The number of nitrogens with two attached hydrogens (primary N) is 1. The number of hydrogen-bond acceptors (Lipinski definition) is 2. The standard InChI is InChI=1S/C11H15NO/c1-2-10(12)9-7-13-11-6-4-3-5-8(9)11/h3-6,9-10H,2,7,12H2,1H3/t9?,10-/m0/s1. The second-order valence-corrected chi connectivity index (χ2v) is 3.53. The molecule has 1 heterocycles. The maximum absolute atomic E-state index is 6.01. The van der Waals surface area contributed by atoms with E-state index in [1.807, 2.05) is 18.2 Å². The predicted octanol–water partition coefficient (Wildman–Crippen LogP) is 1.90. The molecule has 0 aromatic heterocycles. The van der Waals surface area contributed by atoms with Crippen molar-refractivity contribution < 1.29 is 4.74 Å². The van der Waals surface area contributed by atoms with Crippen LogP contribution in [0.15, 0.2) is 24.3 Å². The molecule has 1 aliphatic heterocycles. The molecule has 0 bridgehead atoms. The van der Waals surface area contributed by atoms with Gasteiger partial charge < -0.3 is 10.5 Å². The molecule has 2 heteroatoms. The molecule has 0 amide bonds. The van der Waals surface area contributed by atoms with Crippen LogP contribution in [-0.4, -0.2) is 12.6 Å². The molecule has 1 unspecified atom stereocenters. The Kier molecular flexibility index (Phi) is 2.23. The molecule has 1 aromatic carbocycles. The normalized spacial score (nSPS) is 22.2. The molecule has 1 aliphatic rings. The van der Waals surface area contributed by atoms with E-state index in [1.165, 1.54) is 5.56 Å². The van der Waals surface area contributed by atoms with Crippen molar-refractivity contribution in [2.24, 2.45) is 5.73 Å². The first-order valence-corrected chi connectivity index (χ1v) is 4.80. The third kappa shape index (κ3) is 1.42. The van der Waals surface area contributed by atoms with Crippen LogP contribution >= 0.6 is 0 Å². The van der Waals surface area contributed by atoms with E-state index in [9.17, 15) is 0 Å². The van der Waals surface area contributed by atoms with Crippen molar-refractivity contribution in [3.8, 4) is 5.75 Å². The molecule has 0 radical (unpaired) electrons. The van der Waals surface area contributed by atoms with Crippen molar-refractivity contribution in [3.63, 3.8) is 0 Å². The van der Waals surface area contributed by atoms with Gasteiger partial charge in [0.1, 0.15) is 5.75 Å². The third-order valence-corrected chi connectivity index (χ3v) is 2.73. The molecule has 0 saturated heterocycles. The van der Waals surface area contributed by atoms with E-state index < -0.39 is 0 Å². The monoisotopic (exact) mass is 177 g/mol. The van der Waals surface area contributed by atoms with Gasteiger partial charge in [-0.1, -0.05) is 25.1 Å². The summed E-state index contributed by atoms with van der Waals surface area (Å²) in [6, 6.07) is 8.39. The van der Waals surface area contributed by atoms with Crippen LogP contribution in [-0.2, 0) is 0 Å². The molecular weight excluding hydrogens is 162 g/mol. The van der Waals surface area contributed by atoms with Crippen LogP contribution in [0.5, 0.6) is 5.75 Å². The summed E-state index contributed by atoms with van der Waals surface area (Å²) in [6.45, 7) is 2.86. The van der Waals surface area contributed by atoms with Crippen molar-refractivity contribution in [1.82, 2.24) is 0 Å². The molecule has 0 fully saturated rings. The highest BCUT2D eigenvalue weighted by molar-refractivity contribution is 5.40. The summed E-state index contributed by atoms with van der Waals surface area (Å²) in [5, 5.41) is 0. The van der Waals surface area contributed by atoms with Gasteiger partial charge in [-0.05, 0) is 12.5 Å². The van der Waals surface area contributed by atoms with Gasteiger partial charge in [0.05, 0.1) is 6.61 Å². The van der Waals surface area contributed by atoms with E-state index in [-0.39, 0.29) is 6.04 Å². The van der Waals surface area contributed by atoms with Gasteiger partial charge in [0.15, 0.2) is 0 Å². The summed E-state index contributed by atoms with van der Waals surface area (Å²) in [5.41, 5.74) is 7.29. The minimum absolute atomic E-state index is 0.226. The Morgan fingerprint density at radius 3 is 3.08 bits per heavy atom. The zero-order valence-corrected chi connectivity index (χ0v) is 7.86. The molecule has 1 aromatic rings. The van der Waals surface area contributed by atoms with Gasteiger partial charge in [-0.15, -0.1) is 0 Å². The van der Waals surface area contributed by atoms with Crippen LogP contribution in [0, 0.1) is 0 Å². The Morgan fingerprint density at radius 2 is 2.31 bits per heavy atom. The Hall–Kier alpha value is -1.02. The van der Waals surface area contributed by atoms with Crippen LogP contribution in [0.25, 0.3) is 0 Å². The quantitative estimate of drug-likeness (QED) is 0.748. The summed E-state index contributed by atoms with van der Waals surface area (Å²) in [5.74, 6) is 1.40. The Morgan fingerprint density at radius 1 is 1.54 bits per heavy atom. The fourth-order valence-corrected chi connectivity index (χ4v) is 1.83. The van der Waals surface area contributed by atoms with Crippen LogP contribution < -0.4 is 10.5 Å². The fraction of sp³-hybridized carbons (Fsp3) is 0.455. The maximum atomic E-state index is 6.01. The molecule has 70 valence electrons. The van der Waals surface area contributed by atoms with Crippen LogP contribution in [0.3, 0.4) is 0 Å². The summed E-state index contributed by atoms with van der Waals surface area (Å²) in [4.78, 5) is 0. The first-order valence-electron chi connectivity index (χ1n) is 4.80. The largest absolute Gasteiger partial charge is 0.493 e. The molecule has 0 aliphatic carbocycles. The van der Waals surface area contributed by atoms with Gasteiger partial charge in [-0.2, -0.15) is 0 Å². The van der Waals surface area contributed by atoms with Crippen LogP contribution in [0.2, 0.25) is 0 Å². The highest BCUT2D eigenvalue weighted by Gasteiger charge is 2.27. The van der Waals surface area contributed by atoms with E-state index >= 15 is 0 Å². The first kappa shape index (κ1) is 8.57. The minimum Gasteiger partial charge on any atom is -0.493 e. The van der Waals surface area contributed by atoms with E-state index in [1.54, 1.807) is 0 Å². The lowest BCUT2D eigenvalue weighted by Crippen LogP contribution is -2.28. The molecule has 2 nitrogen and oxygen atoms in total. The van der Waals surface area contributed by atoms with E-state index in [0.717, 1.165) is 18.8 Å². The Bertz CT molecular complexity index is 298. The van der Waals surface area contributed by atoms with Gasteiger partial charge in [-0.25, -0.2) is 0 Å². The summed E-state index contributed by atoms with van der Waals surface area (Å²) in [7, 11) is 0. The van der Waals surface area contributed by atoms with Crippen molar-refractivity contribution in [1.29, 1.82) is 0 Å². The second-order valence-electron chi connectivity index (χ2n) is 3.53. The highest BCUT2D eigenvalue weighted by atomic mass is 16.5. The molecule has 2 atom stereocenters. The summed E-state index contributed by atoms with van der Waals surface area (Å²) >= 11 is 0. The third-order valence-electron chi connectivity index (χ3n) is 2.73. The lowest BCUT2D eigenvalue weighted by molar-refractivity contribution is 0.312. The number of hydrogen-bond donors (Lipinski definition) is 1. The van der Waals surface area contributed by atoms with E-state index in [0.29, 0.717) is 5.92 Å². The second kappa shape index (κ2) is 3.38. The number of rotatable bonds is 2. The van der Waals surface area contributed by atoms with Crippen molar-refractivity contribution in [2.45, 2.75) is 25.3 Å². The van der Waals surface area contributed by atoms with Gasteiger partial charge in [0.25, 0.3) is 0 Å². The molecular formula is C11H15NO. The smallest absolute Gasteiger partial charge is 0.122 e. The fourth-order valence-electron chi connectivity index (χ4n) is 1.83. The summed E-state index contributed by atoms with van der Waals surface area (Å²) in [6.07, 6.45) is 1.00. The van der Waals surface area contributed by atoms with E-state index in [4.69, 9.17) is 10.5 Å². The van der Waals surface area contributed by atoms with Gasteiger partial charge >= 0.3 is 0 Å². The average molecular weight is 177 g/mol. The summed E-state index contributed by atoms with van der Waals surface area (Å²) < 4.78 is 5.55. The van der Waals surface area contributed by atoms with Crippen LogP contribution in [0.4, 0.5) is 0 Å². The lowest BCUT2D eigenvalue weighted by Gasteiger charge is -2.15. The van der Waals surface area contributed by atoms with Crippen molar-refractivity contribution >= 4 is 0 Å². The molecule has 0 saturated carbocycles. The molecule has 13 heavy (non-hydrogen) atoms. The predicted molar refractivity (Wildman–Crippen MR) is 52.9 cm³/mol. The SMILES string of the molecule is CC[C@H](N)C1COc2ccccc21. The number of fused-ring (bicyclic) bond motifs is 1. The number of para-hydroxylation sites is 1. The van der Waals surface area contributed by atoms with E-state index in [2.05, 4.69) is 13.0 Å². The van der Waals surface area contributed by atoms with Gasteiger partial charge in [-0.3, -0.25) is 0 Å².